The number of aromatic nitrogens is 2. The van der Waals surface area contributed by atoms with Crippen LogP contribution < -0.4 is 4.90 Å². The van der Waals surface area contributed by atoms with E-state index in [0.29, 0.717) is 19.8 Å². The van der Waals surface area contributed by atoms with Gasteiger partial charge in [0, 0.05) is 45.1 Å². The number of rotatable bonds is 5. The Bertz CT molecular complexity index is 517. The number of hydrogen-bond acceptors (Lipinski definition) is 6. The monoisotopic (exact) mass is 333 g/mol. The number of amides is 1. The summed E-state index contributed by atoms with van der Waals surface area (Å²) in [5.74, 6) is 1.01. The average molecular weight is 333 g/mol. The fourth-order valence-electron chi connectivity index (χ4n) is 3.40. The van der Waals surface area contributed by atoms with Crippen molar-refractivity contribution in [2.24, 2.45) is 0 Å². The van der Waals surface area contributed by atoms with Crippen LogP contribution in [-0.2, 0) is 9.53 Å². The fourth-order valence-corrected chi connectivity index (χ4v) is 3.40. The van der Waals surface area contributed by atoms with Crippen molar-refractivity contribution in [1.82, 2.24) is 19.8 Å². The van der Waals surface area contributed by atoms with Crippen molar-refractivity contribution in [3.05, 3.63) is 18.5 Å². The molecule has 0 saturated carbocycles. The molecule has 0 radical (unpaired) electrons. The highest BCUT2D eigenvalue weighted by Crippen LogP contribution is 2.14. The van der Waals surface area contributed by atoms with E-state index >= 15 is 0 Å². The molecule has 0 aliphatic carbocycles. The van der Waals surface area contributed by atoms with Crippen LogP contribution in [0.1, 0.15) is 19.8 Å². The number of nitrogens with zero attached hydrogens (tertiary/aromatic N) is 5. The molecule has 2 saturated heterocycles. The molecule has 1 aromatic heterocycles. The van der Waals surface area contributed by atoms with Gasteiger partial charge in [-0.2, -0.15) is 0 Å². The van der Waals surface area contributed by atoms with Crippen LogP contribution in [0.3, 0.4) is 0 Å². The minimum absolute atomic E-state index is 0.237. The first kappa shape index (κ1) is 17.1. The standard InChI is InChI=1S/C17H27N5O2/c1-2-4-15-14-24-12-11-22(15)16(23)13-20-7-9-21(10-8-20)17-18-5-3-6-19-17/h3,5-6,15H,2,4,7-14H2,1H3/t15-/m1/s1. The summed E-state index contributed by atoms with van der Waals surface area (Å²) in [7, 11) is 0. The lowest BCUT2D eigenvalue weighted by Crippen LogP contribution is -2.54. The lowest BCUT2D eigenvalue weighted by molar-refractivity contribution is -0.141. The predicted octanol–water partition coefficient (Wildman–Crippen LogP) is 0.626. The second-order valence-electron chi connectivity index (χ2n) is 6.42. The third kappa shape index (κ3) is 4.21. The van der Waals surface area contributed by atoms with E-state index in [-0.39, 0.29) is 11.9 Å². The summed E-state index contributed by atoms with van der Waals surface area (Å²) in [6.45, 7) is 8.17. The van der Waals surface area contributed by atoms with Crippen molar-refractivity contribution in [2.45, 2.75) is 25.8 Å². The zero-order chi connectivity index (χ0) is 16.8. The molecule has 2 aliphatic heterocycles. The summed E-state index contributed by atoms with van der Waals surface area (Å²) in [4.78, 5) is 27.7. The van der Waals surface area contributed by atoms with Gasteiger partial charge in [-0.25, -0.2) is 9.97 Å². The Morgan fingerprint density at radius 3 is 2.67 bits per heavy atom. The summed E-state index contributed by atoms with van der Waals surface area (Å²) in [6, 6.07) is 2.07. The number of hydrogen-bond donors (Lipinski definition) is 0. The van der Waals surface area contributed by atoms with E-state index < -0.39 is 0 Å². The van der Waals surface area contributed by atoms with Gasteiger partial charge in [-0.1, -0.05) is 13.3 Å². The first-order valence-corrected chi connectivity index (χ1v) is 8.89. The summed E-state index contributed by atoms with van der Waals surface area (Å²) in [6.07, 6.45) is 5.63. The van der Waals surface area contributed by atoms with Crippen LogP contribution in [0.15, 0.2) is 18.5 Å². The van der Waals surface area contributed by atoms with Crippen LogP contribution in [0, 0.1) is 0 Å². The molecular weight excluding hydrogens is 306 g/mol. The quantitative estimate of drug-likeness (QED) is 0.787. The molecule has 0 spiro atoms. The largest absolute Gasteiger partial charge is 0.377 e. The molecule has 2 fully saturated rings. The third-order valence-electron chi connectivity index (χ3n) is 4.74. The van der Waals surface area contributed by atoms with Gasteiger partial charge in [0.25, 0.3) is 0 Å². The maximum absolute atomic E-state index is 12.7. The summed E-state index contributed by atoms with van der Waals surface area (Å²) in [5.41, 5.74) is 0. The second-order valence-corrected chi connectivity index (χ2v) is 6.42. The predicted molar refractivity (Wildman–Crippen MR) is 91.9 cm³/mol. The molecule has 0 bridgehead atoms. The molecule has 0 N–H and O–H groups in total. The smallest absolute Gasteiger partial charge is 0.237 e. The molecule has 1 aromatic rings. The molecule has 0 unspecified atom stereocenters. The van der Waals surface area contributed by atoms with Crippen LogP contribution in [0.4, 0.5) is 5.95 Å². The Balaban J connectivity index is 1.49. The van der Waals surface area contributed by atoms with E-state index in [1.165, 1.54) is 0 Å². The van der Waals surface area contributed by atoms with Crippen molar-refractivity contribution < 1.29 is 9.53 Å². The molecule has 1 atom stereocenters. The Hall–Kier alpha value is -1.73. The Morgan fingerprint density at radius 1 is 1.21 bits per heavy atom. The highest BCUT2D eigenvalue weighted by atomic mass is 16.5. The Labute approximate surface area is 143 Å². The topological polar surface area (TPSA) is 61.8 Å². The van der Waals surface area contributed by atoms with Gasteiger partial charge in [0.05, 0.1) is 25.8 Å². The zero-order valence-corrected chi connectivity index (χ0v) is 14.4. The van der Waals surface area contributed by atoms with Crippen LogP contribution in [0.2, 0.25) is 0 Å². The van der Waals surface area contributed by atoms with Crippen LogP contribution >= 0.6 is 0 Å². The van der Waals surface area contributed by atoms with Gasteiger partial charge < -0.3 is 14.5 Å². The lowest BCUT2D eigenvalue weighted by atomic mass is 10.1. The molecule has 24 heavy (non-hydrogen) atoms. The second kappa shape index (κ2) is 8.39. The van der Waals surface area contributed by atoms with Crippen LogP contribution in [0.5, 0.6) is 0 Å². The van der Waals surface area contributed by atoms with E-state index in [1.54, 1.807) is 12.4 Å². The van der Waals surface area contributed by atoms with Crippen LogP contribution in [0.25, 0.3) is 0 Å². The van der Waals surface area contributed by atoms with E-state index in [4.69, 9.17) is 4.74 Å². The normalized spacial score (nSPS) is 22.6. The van der Waals surface area contributed by atoms with Gasteiger partial charge >= 0.3 is 0 Å². The molecule has 2 aliphatic rings. The molecule has 3 heterocycles. The SMILES string of the molecule is CCC[C@@H]1COCCN1C(=O)CN1CCN(c2ncccn2)CC1. The lowest BCUT2D eigenvalue weighted by Gasteiger charge is -2.39. The van der Waals surface area contributed by atoms with Gasteiger partial charge in [0.1, 0.15) is 0 Å². The fraction of sp³-hybridized carbons (Fsp3) is 0.706. The number of ether oxygens (including phenoxy) is 1. The van der Waals surface area contributed by atoms with Crippen molar-refractivity contribution in [2.75, 3.05) is 57.4 Å². The number of carbonyl (C=O) groups is 1. The Morgan fingerprint density at radius 2 is 1.96 bits per heavy atom. The molecular formula is C17H27N5O2. The average Bonchev–Trinajstić information content (AvgIpc) is 2.64. The van der Waals surface area contributed by atoms with Crippen molar-refractivity contribution in [3.8, 4) is 0 Å². The summed E-state index contributed by atoms with van der Waals surface area (Å²) >= 11 is 0. The number of piperazine rings is 1. The number of anilines is 1. The highest BCUT2D eigenvalue weighted by molar-refractivity contribution is 5.78. The van der Waals surface area contributed by atoms with Crippen molar-refractivity contribution in [1.29, 1.82) is 0 Å². The van der Waals surface area contributed by atoms with Crippen molar-refractivity contribution in [3.63, 3.8) is 0 Å². The first-order valence-electron chi connectivity index (χ1n) is 8.89. The van der Waals surface area contributed by atoms with Gasteiger partial charge in [0.2, 0.25) is 11.9 Å². The minimum Gasteiger partial charge on any atom is -0.377 e. The van der Waals surface area contributed by atoms with Gasteiger partial charge in [0.15, 0.2) is 0 Å². The van der Waals surface area contributed by atoms with E-state index in [1.807, 2.05) is 11.0 Å². The van der Waals surface area contributed by atoms with Crippen molar-refractivity contribution >= 4 is 11.9 Å². The molecule has 7 heteroatoms. The molecule has 0 aromatic carbocycles. The zero-order valence-electron chi connectivity index (χ0n) is 14.4. The maximum Gasteiger partial charge on any atom is 0.237 e. The number of morpholine rings is 1. The third-order valence-corrected chi connectivity index (χ3v) is 4.74. The molecule has 7 nitrogen and oxygen atoms in total. The highest BCUT2D eigenvalue weighted by Gasteiger charge is 2.28. The Kier molecular flexibility index (Phi) is 5.98. The number of carbonyl (C=O) groups excluding carboxylic acids is 1. The molecule has 132 valence electrons. The van der Waals surface area contributed by atoms with E-state index in [2.05, 4.69) is 26.7 Å². The summed E-state index contributed by atoms with van der Waals surface area (Å²) in [5, 5.41) is 0. The van der Waals surface area contributed by atoms with E-state index in [9.17, 15) is 4.79 Å². The minimum atomic E-state index is 0.237. The molecule has 1 amide bonds. The first-order chi connectivity index (χ1) is 11.8. The van der Waals surface area contributed by atoms with Gasteiger partial charge in [-0.15, -0.1) is 0 Å². The summed E-state index contributed by atoms with van der Waals surface area (Å²) < 4.78 is 5.54. The van der Waals surface area contributed by atoms with Gasteiger partial charge in [-0.05, 0) is 12.5 Å². The van der Waals surface area contributed by atoms with Gasteiger partial charge in [-0.3, -0.25) is 9.69 Å². The van der Waals surface area contributed by atoms with Crippen LogP contribution in [-0.4, -0.2) is 84.2 Å². The maximum atomic E-state index is 12.7. The van der Waals surface area contributed by atoms with E-state index in [0.717, 1.165) is 51.5 Å². The molecule has 3 rings (SSSR count).